The Kier molecular flexibility index (Phi) is 2.64. The molecule has 4 heteroatoms. The molecule has 2 aliphatic rings. The van der Waals surface area contributed by atoms with E-state index in [0.29, 0.717) is 5.56 Å². The van der Waals surface area contributed by atoms with E-state index in [0.717, 1.165) is 19.4 Å². The average Bonchev–Trinajstić information content (AvgIpc) is 2.83. The maximum atomic E-state index is 13.7. The number of hydrogen-bond acceptors (Lipinski definition) is 2. The molecule has 1 aromatic rings. The van der Waals surface area contributed by atoms with Gasteiger partial charge in [0.2, 0.25) is 0 Å². The molecule has 1 N–H and O–H groups in total. The highest BCUT2D eigenvalue weighted by Crippen LogP contribution is 2.42. The standard InChI is InChI=1S/C13H15F2NO/c14-13(15)8-17-12(11-6-3-7-16-11)9-4-1-2-5-10(9)13/h1-2,4-5,11-12,16H,3,6-8H2/t11-,12+/m0/s1. The summed E-state index contributed by atoms with van der Waals surface area (Å²) in [6, 6.07) is 6.91. The van der Waals surface area contributed by atoms with Gasteiger partial charge in [0.05, 0.1) is 6.10 Å². The van der Waals surface area contributed by atoms with Crippen molar-refractivity contribution >= 4 is 0 Å². The van der Waals surface area contributed by atoms with Crippen LogP contribution in [0.15, 0.2) is 24.3 Å². The van der Waals surface area contributed by atoms with Gasteiger partial charge in [-0.25, -0.2) is 0 Å². The van der Waals surface area contributed by atoms with Crippen LogP contribution in [-0.4, -0.2) is 19.2 Å². The Morgan fingerprint density at radius 1 is 1.29 bits per heavy atom. The summed E-state index contributed by atoms with van der Waals surface area (Å²) in [6.07, 6.45) is 1.85. The summed E-state index contributed by atoms with van der Waals surface area (Å²) in [4.78, 5) is 0. The number of alkyl halides is 2. The summed E-state index contributed by atoms with van der Waals surface area (Å²) in [5, 5.41) is 3.32. The second-order valence-corrected chi connectivity index (χ2v) is 4.73. The van der Waals surface area contributed by atoms with E-state index < -0.39 is 12.5 Å². The molecule has 3 rings (SSSR count). The molecule has 0 amide bonds. The third-order valence-corrected chi connectivity index (χ3v) is 3.57. The van der Waals surface area contributed by atoms with Gasteiger partial charge in [-0.05, 0) is 24.9 Å². The Balaban J connectivity index is 1.99. The number of rotatable bonds is 1. The first-order valence-electron chi connectivity index (χ1n) is 6.01. The normalized spacial score (nSPS) is 31.2. The molecule has 0 bridgehead atoms. The number of fused-ring (bicyclic) bond motifs is 1. The number of ether oxygens (including phenoxy) is 1. The molecule has 0 unspecified atom stereocenters. The second-order valence-electron chi connectivity index (χ2n) is 4.73. The van der Waals surface area contributed by atoms with E-state index in [1.165, 1.54) is 6.07 Å². The third kappa shape index (κ3) is 1.85. The minimum Gasteiger partial charge on any atom is -0.365 e. The maximum absolute atomic E-state index is 13.7. The predicted molar refractivity (Wildman–Crippen MR) is 60.1 cm³/mol. The van der Waals surface area contributed by atoms with Crippen LogP contribution in [0.3, 0.4) is 0 Å². The molecule has 2 nitrogen and oxygen atoms in total. The molecule has 0 saturated carbocycles. The lowest BCUT2D eigenvalue weighted by molar-refractivity contribution is -0.130. The van der Waals surface area contributed by atoms with Crippen LogP contribution >= 0.6 is 0 Å². The van der Waals surface area contributed by atoms with Gasteiger partial charge >= 0.3 is 0 Å². The molecule has 1 aromatic carbocycles. The maximum Gasteiger partial charge on any atom is 0.296 e. The van der Waals surface area contributed by atoms with Crippen LogP contribution in [0.4, 0.5) is 8.78 Å². The number of nitrogens with one attached hydrogen (secondary N) is 1. The van der Waals surface area contributed by atoms with E-state index >= 15 is 0 Å². The SMILES string of the molecule is FC1(F)CO[C@@H]([C@@H]2CCCN2)c2ccccc21. The van der Waals surface area contributed by atoms with Gasteiger partial charge in [-0.2, -0.15) is 8.78 Å². The topological polar surface area (TPSA) is 21.3 Å². The van der Waals surface area contributed by atoms with Crippen molar-refractivity contribution in [2.24, 2.45) is 0 Å². The number of halogens is 2. The Labute approximate surface area is 99.0 Å². The van der Waals surface area contributed by atoms with Gasteiger partial charge in [0, 0.05) is 11.6 Å². The van der Waals surface area contributed by atoms with E-state index in [-0.39, 0.29) is 17.7 Å². The van der Waals surface area contributed by atoms with Crippen molar-refractivity contribution in [2.45, 2.75) is 30.9 Å². The molecule has 1 fully saturated rings. The van der Waals surface area contributed by atoms with Crippen molar-refractivity contribution in [3.63, 3.8) is 0 Å². The Morgan fingerprint density at radius 2 is 2.12 bits per heavy atom. The molecule has 92 valence electrons. The minimum absolute atomic E-state index is 0.130. The summed E-state index contributed by atoms with van der Waals surface area (Å²) < 4.78 is 32.8. The zero-order valence-corrected chi connectivity index (χ0v) is 9.46. The molecule has 0 radical (unpaired) electrons. The second kappa shape index (κ2) is 4.03. The Morgan fingerprint density at radius 3 is 2.88 bits per heavy atom. The largest absolute Gasteiger partial charge is 0.365 e. The van der Waals surface area contributed by atoms with Gasteiger partial charge in [0.1, 0.15) is 6.61 Å². The minimum atomic E-state index is -2.86. The van der Waals surface area contributed by atoms with Gasteiger partial charge in [-0.1, -0.05) is 24.3 Å². The van der Waals surface area contributed by atoms with Crippen LogP contribution in [0.1, 0.15) is 30.1 Å². The first-order chi connectivity index (χ1) is 8.18. The fraction of sp³-hybridized carbons (Fsp3) is 0.538. The summed E-state index contributed by atoms with van der Waals surface area (Å²) in [7, 11) is 0. The molecule has 0 aliphatic carbocycles. The molecule has 2 heterocycles. The lowest BCUT2D eigenvalue weighted by Gasteiger charge is -2.34. The number of benzene rings is 1. The lowest BCUT2D eigenvalue weighted by Crippen LogP contribution is -2.38. The van der Waals surface area contributed by atoms with Crippen molar-refractivity contribution in [3.8, 4) is 0 Å². The summed E-state index contributed by atoms with van der Waals surface area (Å²) in [6.45, 7) is 0.440. The fourth-order valence-electron chi connectivity index (χ4n) is 2.74. The van der Waals surface area contributed by atoms with Crippen LogP contribution in [0, 0.1) is 0 Å². The highest BCUT2D eigenvalue weighted by Gasteiger charge is 2.43. The lowest BCUT2D eigenvalue weighted by atomic mass is 9.91. The van der Waals surface area contributed by atoms with Crippen LogP contribution in [0.25, 0.3) is 0 Å². The van der Waals surface area contributed by atoms with Crippen LogP contribution < -0.4 is 5.32 Å². The Bertz CT molecular complexity index is 416. The van der Waals surface area contributed by atoms with Crippen LogP contribution in [0.5, 0.6) is 0 Å². The molecule has 0 aromatic heterocycles. The predicted octanol–water partition coefficient (Wildman–Crippen LogP) is 2.60. The zero-order valence-electron chi connectivity index (χ0n) is 9.46. The van der Waals surface area contributed by atoms with Gasteiger partial charge < -0.3 is 10.1 Å². The van der Waals surface area contributed by atoms with Crippen molar-refractivity contribution in [3.05, 3.63) is 35.4 Å². The van der Waals surface area contributed by atoms with Gasteiger partial charge in [0.15, 0.2) is 0 Å². The molecule has 17 heavy (non-hydrogen) atoms. The quantitative estimate of drug-likeness (QED) is 0.813. The van der Waals surface area contributed by atoms with Gasteiger partial charge in [-0.15, -0.1) is 0 Å². The first kappa shape index (κ1) is 11.1. The smallest absolute Gasteiger partial charge is 0.296 e. The number of hydrogen-bond donors (Lipinski definition) is 1. The van der Waals surface area contributed by atoms with Crippen molar-refractivity contribution in [1.82, 2.24) is 5.32 Å². The molecule has 2 aliphatic heterocycles. The summed E-state index contributed by atoms with van der Waals surface area (Å²) in [5.74, 6) is -2.86. The summed E-state index contributed by atoms with van der Waals surface area (Å²) >= 11 is 0. The first-order valence-corrected chi connectivity index (χ1v) is 6.01. The van der Waals surface area contributed by atoms with E-state index in [9.17, 15) is 8.78 Å². The molecule has 1 saturated heterocycles. The molecular formula is C13H15F2NO. The Hall–Kier alpha value is -1.00. The molecule has 2 atom stereocenters. The molecule has 0 spiro atoms. The zero-order chi connectivity index (χ0) is 11.9. The van der Waals surface area contributed by atoms with Gasteiger partial charge in [0.25, 0.3) is 5.92 Å². The van der Waals surface area contributed by atoms with Crippen molar-refractivity contribution < 1.29 is 13.5 Å². The highest BCUT2D eigenvalue weighted by atomic mass is 19.3. The molecular weight excluding hydrogens is 224 g/mol. The van der Waals surface area contributed by atoms with Crippen molar-refractivity contribution in [2.75, 3.05) is 13.2 Å². The monoisotopic (exact) mass is 239 g/mol. The summed E-state index contributed by atoms with van der Waals surface area (Å²) in [5.41, 5.74) is 0.771. The van der Waals surface area contributed by atoms with Gasteiger partial charge in [-0.3, -0.25) is 0 Å². The van der Waals surface area contributed by atoms with Crippen LogP contribution in [-0.2, 0) is 10.7 Å². The van der Waals surface area contributed by atoms with Crippen molar-refractivity contribution in [1.29, 1.82) is 0 Å². The highest BCUT2D eigenvalue weighted by molar-refractivity contribution is 5.35. The fourth-order valence-corrected chi connectivity index (χ4v) is 2.74. The van der Waals surface area contributed by atoms with Crippen LogP contribution in [0.2, 0.25) is 0 Å². The van der Waals surface area contributed by atoms with E-state index in [1.807, 2.05) is 0 Å². The third-order valence-electron chi connectivity index (χ3n) is 3.57. The average molecular weight is 239 g/mol. The van der Waals surface area contributed by atoms with E-state index in [1.54, 1.807) is 18.2 Å². The van der Waals surface area contributed by atoms with E-state index in [2.05, 4.69) is 5.32 Å². The van der Waals surface area contributed by atoms with E-state index in [4.69, 9.17) is 4.74 Å².